The maximum absolute atomic E-state index is 13.1. The zero-order valence-electron chi connectivity index (χ0n) is 20.2. The van der Waals surface area contributed by atoms with E-state index in [9.17, 15) is 9.59 Å². The van der Waals surface area contributed by atoms with Crippen molar-refractivity contribution in [3.63, 3.8) is 0 Å². The molecule has 1 saturated heterocycles. The predicted molar refractivity (Wildman–Crippen MR) is 143 cm³/mol. The molecule has 1 aliphatic carbocycles. The summed E-state index contributed by atoms with van der Waals surface area (Å²) in [4.78, 5) is 33.8. The van der Waals surface area contributed by atoms with E-state index in [1.165, 1.54) is 24.2 Å². The van der Waals surface area contributed by atoms with Gasteiger partial charge >= 0.3 is 0 Å². The highest BCUT2D eigenvalue weighted by atomic mass is 32.1. The number of methoxy groups -OCH3 is 1. The molecule has 1 N–H and O–H groups in total. The predicted octanol–water partition coefficient (Wildman–Crippen LogP) is 5.61. The first-order chi connectivity index (χ1) is 17.5. The highest BCUT2D eigenvalue weighted by Crippen LogP contribution is 2.38. The number of likely N-dealkylation sites (tertiary alicyclic amines) is 1. The molecule has 186 valence electrons. The highest BCUT2D eigenvalue weighted by Gasteiger charge is 2.28. The van der Waals surface area contributed by atoms with Crippen molar-refractivity contribution in [2.75, 3.05) is 26.7 Å². The summed E-state index contributed by atoms with van der Waals surface area (Å²) in [7, 11) is 1.69. The van der Waals surface area contributed by atoms with E-state index in [1.54, 1.807) is 24.6 Å². The van der Waals surface area contributed by atoms with E-state index in [0.29, 0.717) is 35.4 Å². The summed E-state index contributed by atoms with van der Waals surface area (Å²) in [5, 5.41) is 4.03. The summed E-state index contributed by atoms with van der Waals surface area (Å²) in [5.74, 6) is 1.99. The number of amides is 2. The second kappa shape index (κ2) is 9.46. The Morgan fingerprint density at radius 2 is 2.03 bits per heavy atom. The van der Waals surface area contributed by atoms with Gasteiger partial charge in [0.15, 0.2) is 0 Å². The van der Waals surface area contributed by atoms with Crippen LogP contribution in [-0.4, -0.2) is 54.5 Å². The summed E-state index contributed by atoms with van der Waals surface area (Å²) in [6.45, 7) is 4.05. The quantitative estimate of drug-likeness (QED) is 0.342. The number of nitrogens with zero attached hydrogens (tertiary/aromatic N) is 2. The molecule has 0 radical (unpaired) electrons. The van der Waals surface area contributed by atoms with E-state index in [0.717, 1.165) is 43.7 Å². The minimum Gasteiger partial charge on any atom is -0.456 e. The van der Waals surface area contributed by atoms with Crippen LogP contribution in [-0.2, 0) is 4.74 Å². The van der Waals surface area contributed by atoms with Gasteiger partial charge in [0, 0.05) is 54.0 Å². The number of carbonyl (C=O) groups excluding carboxylic acids is 2. The van der Waals surface area contributed by atoms with Crippen LogP contribution in [0, 0.1) is 12.8 Å². The van der Waals surface area contributed by atoms with Crippen molar-refractivity contribution >= 4 is 54.8 Å². The molecule has 2 fully saturated rings. The molecular weight excluding hydrogens is 494 g/mol. The van der Waals surface area contributed by atoms with Crippen LogP contribution in [0.25, 0.3) is 20.3 Å². The third-order valence-corrected chi connectivity index (χ3v) is 9.09. The average Bonchev–Trinajstić information content (AvgIpc) is 3.27. The van der Waals surface area contributed by atoms with Gasteiger partial charge in [-0.1, -0.05) is 0 Å². The Morgan fingerprint density at radius 3 is 2.81 bits per heavy atom. The molecule has 2 aliphatic rings. The second-order valence-corrected chi connectivity index (χ2v) is 11.8. The Bertz CT molecular complexity index is 1470. The number of fused-ring (bicyclic) bond motifs is 2. The van der Waals surface area contributed by atoms with Gasteiger partial charge in [0.05, 0.1) is 26.8 Å². The molecular formula is C27H27N3O4S2. The molecule has 4 aromatic rings. The summed E-state index contributed by atoms with van der Waals surface area (Å²) in [6, 6.07) is 9.50. The summed E-state index contributed by atoms with van der Waals surface area (Å²) in [5.41, 5.74) is 1.50. The number of carbonyl (C=O) groups is 2. The molecule has 6 rings (SSSR count). The molecule has 9 heteroatoms. The third-order valence-electron chi connectivity index (χ3n) is 6.89. The fourth-order valence-electron chi connectivity index (χ4n) is 4.68. The largest absolute Gasteiger partial charge is 0.456 e. The molecule has 0 unspecified atom stereocenters. The minimum absolute atomic E-state index is 0.000708. The summed E-state index contributed by atoms with van der Waals surface area (Å²) >= 11 is 3.00. The average molecular weight is 522 g/mol. The maximum atomic E-state index is 13.1. The van der Waals surface area contributed by atoms with Crippen molar-refractivity contribution in [2.24, 2.45) is 5.92 Å². The zero-order chi connectivity index (χ0) is 24.8. The van der Waals surface area contributed by atoms with Crippen molar-refractivity contribution < 1.29 is 19.1 Å². The van der Waals surface area contributed by atoms with E-state index in [4.69, 9.17) is 9.47 Å². The van der Waals surface area contributed by atoms with Gasteiger partial charge in [0.2, 0.25) is 0 Å². The molecule has 0 bridgehead atoms. The molecule has 7 nitrogen and oxygen atoms in total. The van der Waals surface area contributed by atoms with Crippen LogP contribution in [0.3, 0.4) is 0 Å². The Labute approximate surface area is 217 Å². The number of thiophene rings is 2. The first-order valence-electron chi connectivity index (χ1n) is 12.2. The van der Waals surface area contributed by atoms with Crippen LogP contribution in [0.1, 0.15) is 44.2 Å². The van der Waals surface area contributed by atoms with E-state index >= 15 is 0 Å². The van der Waals surface area contributed by atoms with Crippen LogP contribution in [0.15, 0.2) is 36.5 Å². The normalized spacial score (nSPS) is 17.7. The number of aromatic nitrogens is 1. The second-order valence-electron chi connectivity index (χ2n) is 9.48. The Kier molecular flexibility index (Phi) is 6.15. The number of rotatable bonds is 7. The third kappa shape index (κ3) is 4.47. The molecule has 0 spiro atoms. The van der Waals surface area contributed by atoms with E-state index in [2.05, 4.69) is 10.3 Å². The maximum Gasteiger partial charge on any atom is 0.264 e. The van der Waals surface area contributed by atoms with Crippen LogP contribution in [0.2, 0.25) is 0 Å². The van der Waals surface area contributed by atoms with Gasteiger partial charge in [-0.3, -0.25) is 14.6 Å². The Balaban J connectivity index is 1.24. The van der Waals surface area contributed by atoms with Crippen LogP contribution < -0.4 is 10.1 Å². The fourth-order valence-corrected chi connectivity index (χ4v) is 6.80. The first kappa shape index (κ1) is 23.4. The van der Waals surface area contributed by atoms with Crippen molar-refractivity contribution in [3.8, 4) is 11.5 Å². The molecule has 3 aromatic heterocycles. The number of aryl methyl sites for hydroxylation is 1. The van der Waals surface area contributed by atoms with Crippen molar-refractivity contribution in [3.05, 3.63) is 51.8 Å². The Morgan fingerprint density at radius 1 is 1.17 bits per heavy atom. The topological polar surface area (TPSA) is 80.8 Å². The van der Waals surface area contributed by atoms with Crippen molar-refractivity contribution in [1.82, 2.24) is 15.2 Å². The number of hydrogen-bond acceptors (Lipinski definition) is 7. The minimum atomic E-state index is 0.000708. The van der Waals surface area contributed by atoms with Gasteiger partial charge in [0.25, 0.3) is 11.8 Å². The van der Waals surface area contributed by atoms with E-state index < -0.39 is 0 Å². The van der Waals surface area contributed by atoms with Gasteiger partial charge in [-0.05, 0) is 56.4 Å². The van der Waals surface area contributed by atoms with Gasteiger partial charge in [0.1, 0.15) is 11.5 Å². The molecule has 4 heterocycles. The Hall–Kier alpha value is -3.01. The zero-order valence-corrected chi connectivity index (χ0v) is 21.8. The lowest BCUT2D eigenvalue weighted by Gasteiger charge is -2.14. The molecule has 36 heavy (non-hydrogen) atoms. The van der Waals surface area contributed by atoms with Crippen LogP contribution in [0.5, 0.6) is 11.5 Å². The number of pyridine rings is 1. The lowest BCUT2D eigenvalue weighted by Crippen LogP contribution is -2.29. The van der Waals surface area contributed by atoms with Gasteiger partial charge < -0.3 is 19.7 Å². The SMILES string of the molecule is CO[C@@H]1CCN(C(=O)c2cc3nccc(Oc4ccc5c(C(=O)NCC6CC6)c(C)sc5c4)c3s2)C1. The van der Waals surface area contributed by atoms with Crippen molar-refractivity contribution in [1.29, 1.82) is 0 Å². The molecule has 2 amide bonds. The fraction of sp³-hybridized carbons (Fsp3) is 0.370. The number of nitrogens with one attached hydrogen (secondary N) is 1. The van der Waals surface area contributed by atoms with Gasteiger partial charge in [-0.15, -0.1) is 22.7 Å². The summed E-state index contributed by atoms with van der Waals surface area (Å²) in [6.07, 6.45) is 5.07. The van der Waals surface area contributed by atoms with Crippen LogP contribution in [0.4, 0.5) is 0 Å². The lowest BCUT2D eigenvalue weighted by atomic mass is 10.1. The van der Waals surface area contributed by atoms with E-state index in [1.807, 2.05) is 42.2 Å². The first-order valence-corrected chi connectivity index (χ1v) is 13.8. The lowest BCUT2D eigenvalue weighted by molar-refractivity contribution is 0.0728. The molecule has 1 aromatic carbocycles. The molecule has 1 saturated carbocycles. The van der Waals surface area contributed by atoms with Gasteiger partial charge in [-0.25, -0.2) is 0 Å². The smallest absolute Gasteiger partial charge is 0.264 e. The molecule has 1 aliphatic heterocycles. The standard InChI is InChI=1S/C27H27N3O4S2/c1-15-24(26(31)29-13-16-3-4-16)19-6-5-17(11-22(19)35-15)34-21-7-9-28-20-12-23(36-25(20)21)27(32)30-10-8-18(14-30)33-2/h5-7,9,11-12,16,18H,3-4,8,10,13-14H2,1-2H3,(H,29,31)/t18-/m1/s1. The summed E-state index contributed by atoms with van der Waals surface area (Å²) < 4.78 is 13.5. The van der Waals surface area contributed by atoms with E-state index in [-0.39, 0.29) is 17.9 Å². The number of ether oxygens (including phenoxy) is 2. The highest BCUT2D eigenvalue weighted by molar-refractivity contribution is 7.21. The number of benzene rings is 1. The van der Waals surface area contributed by atoms with Crippen molar-refractivity contribution in [2.45, 2.75) is 32.3 Å². The van der Waals surface area contributed by atoms with Crippen LogP contribution >= 0.6 is 22.7 Å². The molecule has 1 atom stereocenters. The number of hydrogen-bond donors (Lipinski definition) is 1. The van der Waals surface area contributed by atoms with Gasteiger partial charge in [-0.2, -0.15) is 0 Å². The monoisotopic (exact) mass is 521 g/mol.